The van der Waals surface area contributed by atoms with E-state index in [-0.39, 0.29) is 0 Å². The maximum atomic E-state index is 5.78. The first-order valence-corrected chi connectivity index (χ1v) is 7.29. The molecular formula is C15H22ClN. The van der Waals surface area contributed by atoms with Gasteiger partial charge in [-0.3, -0.25) is 0 Å². The highest BCUT2D eigenvalue weighted by atomic mass is 35.5. The van der Waals surface area contributed by atoms with Crippen molar-refractivity contribution >= 4 is 11.6 Å². The van der Waals surface area contributed by atoms with Gasteiger partial charge in [0, 0.05) is 18.5 Å². The van der Waals surface area contributed by atoms with Gasteiger partial charge in [-0.25, -0.2) is 0 Å². The van der Waals surface area contributed by atoms with Crippen molar-refractivity contribution < 1.29 is 0 Å². The van der Waals surface area contributed by atoms with E-state index >= 15 is 0 Å². The van der Waals surface area contributed by atoms with Gasteiger partial charge in [0.05, 0.1) is 0 Å². The van der Waals surface area contributed by atoms with E-state index in [9.17, 15) is 0 Å². The van der Waals surface area contributed by atoms with Crippen LogP contribution in [-0.4, -0.2) is 6.04 Å². The molecule has 1 fully saturated rings. The number of halogens is 1. The predicted octanol–water partition coefficient (Wildman–Crippen LogP) is 4.24. The number of benzene rings is 1. The van der Waals surface area contributed by atoms with Crippen LogP contribution >= 0.6 is 11.6 Å². The van der Waals surface area contributed by atoms with Gasteiger partial charge in [0.2, 0.25) is 0 Å². The molecule has 0 aliphatic heterocycles. The zero-order valence-corrected chi connectivity index (χ0v) is 11.2. The lowest BCUT2D eigenvalue weighted by atomic mass is 10.1. The Morgan fingerprint density at radius 1 is 0.941 bits per heavy atom. The third-order valence-electron chi connectivity index (χ3n) is 3.63. The molecule has 1 saturated carbocycles. The summed E-state index contributed by atoms with van der Waals surface area (Å²) in [6.45, 7) is 0.993. The summed E-state index contributed by atoms with van der Waals surface area (Å²) in [6, 6.07) is 9.34. The minimum atomic E-state index is 0.607. The monoisotopic (exact) mass is 251 g/mol. The first-order chi connectivity index (χ1) is 8.38. The predicted molar refractivity (Wildman–Crippen MR) is 74.3 cm³/mol. The van der Waals surface area contributed by atoms with Crippen molar-refractivity contribution in [2.24, 2.45) is 0 Å². The van der Waals surface area contributed by atoms with Gasteiger partial charge in [-0.1, -0.05) is 49.9 Å². The minimum Gasteiger partial charge on any atom is -0.310 e. The Balaban J connectivity index is 1.79. The molecule has 17 heavy (non-hydrogen) atoms. The van der Waals surface area contributed by atoms with Gasteiger partial charge < -0.3 is 5.32 Å². The standard InChI is InChI=1S/C15H22ClN/c16-11-13-7-9-14(10-8-13)12-17-15-5-3-1-2-4-6-15/h7-10,15,17H,1-6,11-12H2. The molecule has 1 aromatic carbocycles. The van der Waals surface area contributed by atoms with E-state index in [0.717, 1.165) is 12.6 Å². The van der Waals surface area contributed by atoms with Crippen LogP contribution in [0.1, 0.15) is 49.7 Å². The summed E-state index contributed by atoms with van der Waals surface area (Å²) in [5.41, 5.74) is 2.56. The van der Waals surface area contributed by atoms with E-state index in [4.69, 9.17) is 11.6 Å². The molecule has 0 atom stereocenters. The van der Waals surface area contributed by atoms with E-state index in [1.54, 1.807) is 0 Å². The summed E-state index contributed by atoms with van der Waals surface area (Å²) >= 11 is 5.78. The first-order valence-electron chi connectivity index (χ1n) is 6.75. The molecule has 0 radical (unpaired) electrons. The molecule has 1 aromatic rings. The highest BCUT2D eigenvalue weighted by Gasteiger charge is 2.10. The van der Waals surface area contributed by atoms with Crippen LogP contribution in [-0.2, 0) is 12.4 Å². The fraction of sp³-hybridized carbons (Fsp3) is 0.600. The Kier molecular flexibility index (Phi) is 5.34. The van der Waals surface area contributed by atoms with Gasteiger partial charge in [0.1, 0.15) is 0 Å². The van der Waals surface area contributed by atoms with Gasteiger partial charge in [-0.05, 0) is 24.0 Å². The van der Waals surface area contributed by atoms with Crippen LogP contribution in [0.15, 0.2) is 24.3 Å². The van der Waals surface area contributed by atoms with Crippen molar-refractivity contribution in [3.8, 4) is 0 Å². The van der Waals surface area contributed by atoms with Gasteiger partial charge >= 0.3 is 0 Å². The van der Waals surface area contributed by atoms with Crippen LogP contribution < -0.4 is 5.32 Å². The molecule has 2 rings (SSSR count). The molecule has 0 aromatic heterocycles. The molecule has 2 heteroatoms. The Bertz CT molecular complexity index is 312. The van der Waals surface area contributed by atoms with E-state index < -0.39 is 0 Å². The second kappa shape index (κ2) is 7.03. The molecule has 0 saturated heterocycles. The zero-order chi connectivity index (χ0) is 11.9. The highest BCUT2D eigenvalue weighted by molar-refractivity contribution is 6.17. The Labute approximate surface area is 110 Å². The van der Waals surface area contributed by atoms with Gasteiger partial charge in [-0.15, -0.1) is 11.6 Å². The first kappa shape index (κ1) is 12.9. The summed E-state index contributed by atoms with van der Waals surface area (Å²) in [6.07, 6.45) is 8.32. The molecule has 1 nitrogen and oxygen atoms in total. The topological polar surface area (TPSA) is 12.0 Å². The summed E-state index contributed by atoms with van der Waals surface area (Å²) in [4.78, 5) is 0. The fourth-order valence-electron chi connectivity index (χ4n) is 2.49. The summed E-state index contributed by atoms with van der Waals surface area (Å²) in [7, 11) is 0. The quantitative estimate of drug-likeness (QED) is 0.624. The molecule has 0 spiro atoms. The Morgan fingerprint density at radius 3 is 2.12 bits per heavy atom. The van der Waals surface area contributed by atoms with Crippen LogP contribution in [0.4, 0.5) is 0 Å². The number of hydrogen-bond donors (Lipinski definition) is 1. The van der Waals surface area contributed by atoms with Crippen molar-refractivity contribution in [1.29, 1.82) is 0 Å². The smallest absolute Gasteiger partial charge is 0.0474 e. The maximum absolute atomic E-state index is 5.78. The Morgan fingerprint density at radius 2 is 1.53 bits per heavy atom. The Hall–Kier alpha value is -0.530. The normalized spacial score (nSPS) is 17.9. The van der Waals surface area contributed by atoms with Gasteiger partial charge in [-0.2, -0.15) is 0 Å². The number of rotatable bonds is 4. The highest BCUT2D eigenvalue weighted by Crippen LogP contribution is 2.17. The van der Waals surface area contributed by atoms with E-state index in [1.807, 2.05) is 0 Å². The zero-order valence-electron chi connectivity index (χ0n) is 10.4. The lowest BCUT2D eigenvalue weighted by molar-refractivity contribution is 0.459. The number of hydrogen-bond acceptors (Lipinski definition) is 1. The van der Waals surface area contributed by atoms with Crippen molar-refractivity contribution in [2.75, 3.05) is 0 Å². The van der Waals surface area contributed by atoms with Crippen LogP contribution in [0.5, 0.6) is 0 Å². The lowest BCUT2D eigenvalue weighted by Gasteiger charge is -2.16. The van der Waals surface area contributed by atoms with E-state index in [0.29, 0.717) is 5.88 Å². The van der Waals surface area contributed by atoms with Crippen LogP contribution in [0.25, 0.3) is 0 Å². The van der Waals surface area contributed by atoms with Crippen LogP contribution in [0.3, 0.4) is 0 Å². The lowest BCUT2D eigenvalue weighted by Crippen LogP contribution is -2.27. The third kappa shape index (κ3) is 4.33. The van der Waals surface area contributed by atoms with Gasteiger partial charge in [0.15, 0.2) is 0 Å². The van der Waals surface area contributed by atoms with E-state index in [2.05, 4.69) is 29.6 Å². The van der Waals surface area contributed by atoms with Crippen molar-refractivity contribution in [3.05, 3.63) is 35.4 Å². The molecule has 1 N–H and O–H groups in total. The average Bonchev–Trinajstić information content (AvgIpc) is 2.65. The number of nitrogens with one attached hydrogen (secondary N) is 1. The molecule has 0 amide bonds. The molecule has 1 aliphatic carbocycles. The molecular weight excluding hydrogens is 230 g/mol. The van der Waals surface area contributed by atoms with Crippen LogP contribution in [0, 0.1) is 0 Å². The SMILES string of the molecule is ClCc1ccc(CNC2CCCCCC2)cc1. The summed E-state index contributed by atoms with van der Waals surface area (Å²) < 4.78 is 0. The second-order valence-electron chi connectivity index (χ2n) is 5.02. The van der Waals surface area contributed by atoms with Crippen LogP contribution in [0.2, 0.25) is 0 Å². The molecule has 1 aliphatic rings. The number of alkyl halides is 1. The average molecular weight is 252 g/mol. The molecule has 0 heterocycles. The van der Waals surface area contributed by atoms with Gasteiger partial charge in [0.25, 0.3) is 0 Å². The van der Waals surface area contributed by atoms with Crippen molar-refractivity contribution in [3.63, 3.8) is 0 Å². The summed E-state index contributed by atoms with van der Waals surface area (Å²) in [5.74, 6) is 0.607. The molecule has 0 unspecified atom stereocenters. The minimum absolute atomic E-state index is 0.607. The van der Waals surface area contributed by atoms with Crippen molar-refractivity contribution in [2.45, 2.75) is 57.0 Å². The van der Waals surface area contributed by atoms with Crippen molar-refractivity contribution in [1.82, 2.24) is 5.32 Å². The molecule has 0 bridgehead atoms. The third-order valence-corrected chi connectivity index (χ3v) is 3.94. The largest absolute Gasteiger partial charge is 0.310 e. The fourth-order valence-corrected chi connectivity index (χ4v) is 2.67. The summed E-state index contributed by atoms with van der Waals surface area (Å²) in [5, 5.41) is 3.68. The van der Waals surface area contributed by atoms with E-state index in [1.165, 1.54) is 49.7 Å². The maximum Gasteiger partial charge on any atom is 0.0474 e. The molecule has 94 valence electrons. The second-order valence-corrected chi connectivity index (χ2v) is 5.29.